The Balaban J connectivity index is 1.74. The van der Waals surface area contributed by atoms with Crippen molar-refractivity contribution in [2.75, 3.05) is 32.8 Å². The largest absolute Gasteiger partial charge is 0.493 e. The van der Waals surface area contributed by atoms with E-state index in [1.165, 1.54) is 0 Å². The third-order valence-electron chi connectivity index (χ3n) is 4.11. The van der Waals surface area contributed by atoms with E-state index in [0.717, 1.165) is 25.3 Å². The summed E-state index contributed by atoms with van der Waals surface area (Å²) in [5, 5.41) is 0. The number of ether oxygens (including phenoxy) is 1. The summed E-state index contributed by atoms with van der Waals surface area (Å²) in [4.78, 5) is 28.3. The molecule has 2 rings (SSSR count). The maximum Gasteiger partial charge on any atom is 0.226 e. The lowest BCUT2D eigenvalue weighted by Gasteiger charge is -2.23. The molecule has 1 heterocycles. The van der Waals surface area contributed by atoms with Crippen LogP contribution in [0.4, 0.5) is 0 Å². The van der Waals surface area contributed by atoms with E-state index in [2.05, 4.69) is 13.8 Å². The first-order valence-electron chi connectivity index (χ1n) is 8.79. The summed E-state index contributed by atoms with van der Waals surface area (Å²) >= 11 is 0. The molecule has 0 aliphatic carbocycles. The van der Waals surface area contributed by atoms with Crippen LogP contribution in [0.3, 0.4) is 0 Å². The minimum Gasteiger partial charge on any atom is -0.493 e. The number of carbonyl (C=O) groups is 2. The molecule has 0 spiro atoms. The van der Waals surface area contributed by atoms with Gasteiger partial charge in [-0.05, 0) is 24.5 Å². The molecule has 0 radical (unpaired) electrons. The highest BCUT2D eigenvalue weighted by atomic mass is 16.5. The van der Waals surface area contributed by atoms with Crippen LogP contribution in [-0.4, -0.2) is 54.4 Å². The molecule has 24 heavy (non-hydrogen) atoms. The molecule has 0 N–H and O–H groups in total. The van der Waals surface area contributed by atoms with Crippen molar-refractivity contribution in [3.8, 4) is 5.75 Å². The second kappa shape index (κ2) is 9.30. The van der Waals surface area contributed by atoms with Crippen LogP contribution < -0.4 is 4.74 Å². The normalized spacial score (nSPS) is 15.3. The SMILES string of the molecule is CC(C)CC(=O)N1CCCN(C(=O)CCOc2ccccc2)CC1. The molecule has 1 aliphatic heterocycles. The second-order valence-corrected chi connectivity index (χ2v) is 6.62. The van der Waals surface area contributed by atoms with Gasteiger partial charge in [-0.2, -0.15) is 0 Å². The molecule has 1 fully saturated rings. The van der Waals surface area contributed by atoms with Crippen molar-refractivity contribution in [3.63, 3.8) is 0 Å². The van der Waals surface area contributed by atoms with Gasteiger partial charge >= 0.3 is 0 Å². The molecule has 1 saturated heterocycles. The molecule has 1 aromatic rings. The number of carbonyl (C=O) groups excluding carboxylic acids is 2. The average Bonchev–Trinajstić information content (AvgIpc) is 2.81. The van der Waals surface area contributed by atoms with Crippen LogP contribution in [0, 0.1) is 5.92 Å². The molecule has 5 nitrogen and oxygen atoms in total. The highest BCUT2D eigenvalue weighted by molar-refractivity contribution is 5.78. The zero-order valence-corrected chi connectivity index (χ0v) is 14.7. The fourth-order valence-electron chi connectivity index (χ4n) is 2.83. The Morgan fingerprint density at radius 1 is 1.00 bits per heavy atom. The highest BCUT2D eigenvalue weighted by Gasteiger charge is 2.22. The first-order valence-corrected chi connectivity index (χ1v) is 8.79. The van der Waals surface area contributed by atoms with Crippen LogP contribution in [0.2, 0.25) is 0 Å². The smallest absolute Gasteiger partial charge is 0.226 e. The average molecular weight is 332 g/mol. The number of benzene rings is 1. The van der Waals surface area contributed by atoms with E-state index in [4.69, 9.17) is 4.74 Å². The molecule has 0 bridgehead atoms. The molecule has 1 aromatic carbocycles. The van der Waals surface area contributed by atoms with E-state index in [1.807, 2.05) is 40.1 Å². The lowest BCUT2D eigenvalue weighted by Crippen LogP contribution is -2.38. The van der Waals surface area contributed by atoms with E-state index in [0.29, 0.717) is 38.5 Å². The quantitative estimate of drug-likeness (QED) is 0.804. The predicted octanol–water partition coefficient (Wildman–Crippen LogP) is 2.56. The van der Waals surface area contributed by atoms with Gasteiger partial charge in [0.25, 0.3) is 0 Å². The standard InChI is InChI=1S/C19H28N2O3/c1-16(2)15-19(23)21-11-6-10-20(12-13-21)18(22)9-14-24-17-7-4-3-5-8-17/h3-5,7-8,16H,6,9-15H2,1-2H3. The van der Waals surface area contributed by atoms with Crippen LogP contribution >= 0.6 is 0 Å². The Hall–Kier alpha value is -2.04. The molecule has 0 saturated carbocycles. The van der Waals surface area contributed by atoms with E-state index < -0.39 is 0 Å². The zero-order chi connectivity index (χ0) is 17.4. The van der Waals surface area contributed by atoms with Crippen LogP contribution in [0.25, 0.3) is 0 Å². The van der Waals surface area contributed by atoms with Gasteiger partial charge in [0.1, 0.15) is 5.75 Å². The third-order valence-corrected chi connectivity index (χ3v) is 4.11. The van der Waals surface area contributed by atoms with E-state index in [9.17, 15) is 9.59 Å². The minimum atomic E-state index is 0.101. The van der Waals surface area contributed by atoms with Crippen molar-refractivity contribution >= 4 is 11.8 Å². The highest BCUT2D eigenvalue weighted by Crippen LogP contribution is 2.11. The number of hydrogen-bond donors (Lipinski definition) is 0. The Labute approximate surface area is 144 Å². The van der Waals surface area contributed by atoms with Crippen molar-refractivity contribution in [2.45, 2.75) is 33.1 Å². The first kappa shape index (κ1) is 18.3. The topological polar surface area (TPSA) is 49.9 Å². The Morgan fingerprint density at radius 2 is 1.62 bits per heavy atom. The zero-order valence-electron chi connectivity index (χ0n) is 14.7. The van der Waals surface area contributed by atoms with Crippen LogP contribution in [0.15, 0.2) is 30.3 Å². The molecule has 132 valence electrons. The molecule has 5 heteroatoms. The summed E-state index contributed by atoms with van der Waals surface area (Å²) in [5.74, 6) is 1.45. The number of nitrogens with zero attached hydrogens (tertiary/aromatic N) is 2. The Morgan fingerprint density at radius 3 is 2.25 bits per heavy atom. The van der Waals surface area contributed by atoms with Crippen molar-refractivity contribution in [1.82, 2.24) is 9.80 Å². The van der Waals surface area contributed by atoms with Crippen molar-refractivity contribution in [2.24, 2.45) is 5.92 Å². The number of hydrogen-bond acceptors (Lipinski definition) is 3. The van der Waals surface area contributed by atoms with E-state index >= 15 is 0 Å². The summed E-state index contributed by atoms with van der Waals surface area (Å²) in [6.07, 6.45) is 1.79. The summed E-state index contributed by atoms with van der Waals surface area (Å²) in [5.41, 5.74) is 0. The van der Waals surface area contributed by atoms with Crippen LogP contribution in [-0.2, 0) is 9.59 Å². The molecule has 0 aromatic heterocycles. The van der Waals surface area contributed by atoms with Gasteiger partial charge in [-0.3, -0.25) is 9.59 Å². The van der Waals surface area contributed by atoms with Gasteiger partial charge in [0.05, 0.1) is 13.0 Å². The Bertz CT molecular complexity index is 531. The van der Waals surface area contributed by atoms with Crippen LogP contribution in [0.1, 0.15) is 33.1 Å². The van der Waals surface area contributed by atoms with Gasteiger partial charge in [-0.25, -0.2) is 0 Å². The van der Waals surface area contributed by atoms with Gasteiger partial charge in [-0.1, -0.05) is 32.0 Å². The van der Waals surface area contributed by atoms with Crippen molar-refractivity contribution in [3.05, 3.63) is 30.3 Å². The maximum absolute atomic E-state index is 12.3. The molecule has 1 aliphatic rings. The van der Waals surface area contributed by atoms with Gasteiger partial charge < -0.3 is 14.5 Å². The molecule has 0 atom stereocenters. The fourth-order valence-corrected chi connectivity index (χ4v) is 2.83. The predicted molar refractivity (Wildman–Crippen MR) is 93.8 cm³/mol. The monoisotopic (exact) mass is 332 g/mol. The maximum atomic E-state index is 12.3. The summed E-state index contributed by atoms with van der Waals surface area (Å²) in [7, 11) is 0. The van der Waals surface area contributed by atoms with Gasteiger partial charge in [0.2, 0.25) is 11.8 Å². The lowest BCUT2D eigenvalue weighted by atomic mass is 10.1. The molecular weight excluding hydrogens is 304 g/mol. The van der Waals surface area contributed by atoms with Crippen LogP contribution in [0.5, 0.6) is 5.75 Å². The van der Waals surface area contributed by atoms with Crippen molar-refractivity contribution < 1.29 is 14.3 Å². The van der Waals surface area contributed by atoms with E-state index in [1.54, 1.807) is 0 Å². The summed E-state index contributed by atoms with van der Waals surface area (Å²) in [6, 6.07) is 9.52. The lowest BCUT2D eigenvalue weighted by molar-refractivity contribution is -0.134. The summed E-state index contributed by atoms with van der Waals surface area (Å²) < 4.78 is 5.59. The first-order chi connectivity index (χ1) is 11.6. The Kier molecular flexibility index (Phi) is 7.09. The summed E-state index contributed by atoms with van der Waals surface area (Å²) in [6.45, 7) is 7.21. The van der Waals surface area contributed by atoms with Crippen molar-refractivity contribution in [1.29, 1.82) is 0 Å². The number of rotatable bonds is 6. The molecule has 2 amide bonds. The number of amides is 2. The van der Waals surface area contributed by atoms with Gasteiger partial charge in [0.15, 0.2) is 0 Å². The third kappa shape index (κ3) is 5.87. The number of para-hydroxylation sites is 1. The fraction of sp³-hybridized carbons (Fsp3) is 0.579. The van der Waals surface area contributed by atoms with E-state index in [-0.39, 0.29) is 11.8 Å². The van der Waals surface area contributed by atoms with Gasteiger partial charge in [-0.15, -0.1) is 0 Å². The minimum absolute atomic E-state index is 0.101. The second-order valence-electron chi connectivity index (χ2n) is 6.62. The molecular formula is C19H28N2O3. The molecule has 0 unspecified atom stereocenters. The van der Waals surface area contributed by atoms with Gasteiger partial charge in [0, 0.05) is 32.6 Å².